The van der Waals surface area contributed by atoms with Crippen molar-refractivity contribution in [1.82, 2.24) is 5.43 Å². The fourth-order valence-corrected chi connectivity index (χ4v) is 1.77. The van der Waals surface area contributed by atoms with Crippen LogP contribution in [0.25, 0.3) is 0 Å². The lowest BCUT2D eigenvalue weighted by atomic mass is 10.2. The Kier molecular flexibility index (Phi) is 4.71. The molecule has 2 aromatic rings. The van der Waals surface area contributed by atoms with Crippen molar-refractivity contribution >= 4 is 35.3 Å². The molecule has 0 bridgehead atoms. The first kappa shape index (κ1) is 14.5. The van der Waals surface area contributed by atoms with Gasteiger partial charge in [0.25, 0.3) is 5.91 Å². The first-order valence-corrected chi connectivity index (χ1v) is 6.36. The zero-order chi connectivity index (χ0) is 14.5. The molecule has 0 aliphatic heterocycles. The number of hydrazone groups is 1. The Labute approximate surface area is 125 Å². The zero-order valence-electron chi connectivity index (χ0n) is 10.1. The quantitative estimate of drug-likeness (QED) is 0.678. The van der Waals surface area contributed by atoms with Gasteiger partial charge in [-0.15, -0.1) is 0 Å². The first-order valence-electron chi connectivity index (χ1n) is 5.61. The SMILES string of the molecule is O=C(N/N=C\c1ccc(Cl)c(Cl)c1)c1ccccc1F. The van der Waals surface area contributed by atoms with Crippen LogP contribution in [0.15, 0.2) is 47.6 Å². The highest BCUT2D eigenvalue weighted by molar-refractivity contribution is 6.42. The van der Waals surface area contributed by atoms with Crippen LogP contribution in [0.2, 0.25) is 10.0 Å². The van der Waals surface area contributed by atoms with E-state index in [0.29, 0.717) is 15.6 Å². The van der Waals surface area contributed by atoms with Crippen LogP contribution in [-0.4, -0.2) is 12.1 Å². The fraction of sp³-hybridized carbons (Fsp3) is 0. The van der Waals surface area contributed by atoms with Gasteiger partial charge in [0.15, 0.2) is 0 Å². The number of amides is 1. The summed E-state index contributed by atoms with van der Waals surface area (Å²) in [5, 5.41) is 4.55. The number of halogens is 3. The van der Waals surface area contributed by atoms with Crippen LogP contribution < -0.4 is 5.43 Å². The molecule has 0 unspecified atom stereocenters. The molecule has 2 aromatic carbocycles. The second-order valence-electron chi connectivity index (χ2n) is 3.85. The van der Waals surface area contributed by atoms with Crippen molar-refractivity contribution in [2.45, 2.75) is 0 Å². The van der Waals surface area contributed by atoms with Crippen LogP contribution in [-0.2, 0) is 0 Å². The lowest BCUT2D eigenvalue weighted by molar-refractivity contribution is 0.0951. The van der Waals surface area contributed by atoms with Gasteiger partial charge in [0.2, 0.25) is 0 Å². The summed E-state index contributed by atoms with van der Waals surface area (Å²) in [4.78, 5) is 11.7. The monoisotopic (exact) mass is 310 g/mol. The van der Waals surface area contributed by atoms with Crippen LogP contribution in [0.3, 0.4) is 0 Å². The van der Waals surface area contributed by atoms with E-state index < -0.39 is 11.7 Å². The van der Waals surface area contributed by atoms with Crippen LogP contribution in [0.5, 0.6) is 0 Å². The average molecular weight is 311 g/mol. The molecular weight excluding hydrogens is 302 g/mol. The molecule has 0 radical (unpaired) electrons. The minimum absolute atomic E-state index is 0.0706. The highest BCUT2D eigenvalue weighted by Gasteiger charge is 2.09. The van der Waals surface area contributed by atoms with E-state index in [4.69, 9.17) is 23.2 Å². The third-order valence-corrected chi connectivity index (χ3v) is 3.18. The van der Waals surface area contributed by atoms with E-state index in [9.17, 15) is 9.18 Å². The molecule has 1 amide bonds. The Morgan fingerprint density at radius 1 is 1.15 bits per heavy atom. The maximum absolute atomic E-state index is 13.3. The Hall–Kier alpha value is -1.91. The molecule has 6 heteroatoms. The maximum atomic E-state index is 13.3. The van der Waals surface area contributed by atoms with Crippen molar-refractivity contribution in [3.63, 3.8) is 0 Å². The molecule has 0 aliphatic rings. The van der Waals surface area contributed by atoms with Crippen molar-refractivity contribution in [3.8, 4) is 0 Å². The molecule has 3 nitrogen and oxygen atoms in total. The van der Waals surface area contributed by atoms with Crippen LogP contribution in [0.1, 0.15) is 15.9 Å². The summed E-state index contributed by atoms with van der Waals surface area (Å²) in [6.07, 6.45) is 1.39. The second-order valence-corrected chi connectivity index (χ2v) is 4.67. The Morgan fingerprint density at radius 2 is 1.90 bits per heavy atom. The third-order valence-electron chi connectivity index (χ3n) is 2.44. The molecule has 0 atom stereocenters. The molecule has 0 aromatic heterocycles. The van der Waals surface area contributed by atoms with Crippen molar-refractivity contribution in [2.75, 3.05) is 0 Å². The highest BCUT2D eigenvalue weighted by Crippen LogP contribution is 2.21. The molecule has 0 saturated carbocycles. The molecule has 102 valence electrons. The molecule has 0 fully saturated rings. The maximum Gasteiger partial charge on any atom is 0.274 e. The molecule has 1 N–H and O–H groups in total. The van der Waals surface area contributed by atoms with E-state index in [1.54, 1.807) is 24.3 Å². The first-order chi connectivity index (χ1) is 9.58. The number of nitrogens with one attached hydrogen (secondary N) is 1. The fourth-order valence-electron chi connectivity index (χ4n) is 1.46. The largest absolute Gasteiger partial charge is 0.274 e. The van der Waals surface area contributed by atoms with E-state index in [2.05, 4.69) is 10.5 Å². The number of rotatable bonds is 3. The van der Waals surface area contributed by atoms with E-state index in [1.807, 2.05) is 0 Å². The van der Waals surface area contributed by atoms with Crippen molar-refractivity contribution in [3.05, 3.63) is 69.5 Å². The summed E-state index contributed by atoms with van der Waals surface area (Å²) in [5.74, 6) is -1.23. The Morgan fingerprint density at radius 3 is 2.60 bits per heavy atom. The van der Waals surface area contributed by atoms with Crippen LogP contribution >= 0.6 is 23.2 Å². The van der Waals surface area contributed by atoms with Gasteiger partial charge in [-0.2, -0.15) is 5.10 Å². The predicted octanol–water partition coefficient (Wildman–Crippen LogP) is 3.90. The van der Waals surface area contributed by atoms with Crippen molar-refractivity contribution in [2.24, 2.45) is 5.10 Å². The van der Waals surface area contributed by atoms with Crippen LogP contribution in [0, 0.1) is 5.82 Å². The summed E-state index contributed by atoms with van der Waals surface area (Å²) in [6, 6.07) is 10.6. The number of carbonyl (C=O) groups is 1. The normalized spacial score (nSPS) is 10.8. The highest BCUT2D eigenvalue weighted by atomic mass is 35.5. The molecule has 2 rings (SSSR count). The number of nitrogens with zero attached hydrogens (tertiary/aromatic N) is 1. The lowest BCUT2D eigenvalue weighted by Gasteiger charge is -2.01. The lowest BCUT2D eigenvalue weighted by Crippen LogP contribution is -2.18. The summed E-state index contributed by atoms with van der Waals surface area (Å²) < 4.78 is 13.3. The summed E-state index contributed by atoms with van der Waals surface area (Å²) in [5.41, 5.74) is 2.83. The summed E-state index contributed by atoms with van der Waals surface area (Å²) in [6.45, 7) is 0. The van der Waals surface area contributed by atoms with Crippen molar-refractivity contribution < 1.29 is 9.18 Å². The van der Waals surface area contributed by atoms with E-state index in [-0.39, 0.29) is 5.56 Å². The summed E-state index contributed by atoms with van der Waals surface area (Å²) >= 11 is 11.6. The van der Waals surface area contributed by atoms with Gasteiger partial charge in [-0.1, -0.05) is 41.4 Å². The predicted molar refractivity (Wildman–Crippen MR) is 77.9 cm³/mol. The number of carbonyl (C=O) groups excluding carboxylic acids is 1. The number of hydrogen-bond donors (Lipinski definition) is 1. The van der Waals surface area contributed by atoms with E-state index >= 15 is 0 Å². The molecular formula is C14H9Cl2FN2O. The van der Waals surface area contributed by atoms with Gasteiger partial charge >= 0.3 is 0 Å². The molecule has 0 aliphatic carbocycles. The minimum Gasteiger partial charge on any atom is -0.267 e. The van der Waals surface area contributed by atoms with Gasteiger partial charge in [0.1, 0.15) is 5.82 Å². The molecule has 20 heavy (non-hydrogen) atoms. The Bertz CT molecular complexity index is 674. The smallest absolute Gasteiger partial charge is 0.267 e. The van der Waals surface area contributed by atoms with Crippen molar-refractivity contribution in [1.29, 1.82) is 0 Å². The molecule has 0 heterocycles. The second kappa shape index (κ2) is 6.50. The van der Waals surface area contributed by atoms with Gasteiger partial charge < -0.3 is 0 Å². The summed E-state index contributed by atoms with van der Waals surface area (Å²) in [7, 11) is 0. The molecule has 0 spiro atoms. The van der Waals surface area contributed by atoms with Crippen LogP contribution in [0.4, 0.5) is 4.39 Å². The standard InChI is InChI=1S/C14H9Cl2FN2O/c15-11-6-5-9(7-12(11)16)8-18-19-14(20)10-3-1-2-4-13(10)17/h1-8H,(H,19,20)/b18-8-. The van der Waals surface area contributed by atoms with E-state index in [0.717, 1.165) is 0 Å². The Balaban J connectivity index is 2.05. The minimum atomic E-state index is -0.626. The number of hydrogen-bond acceptors (Lipinski definition) is 2. The average Bonchev–Trinajstić information content (AvgIpc) is 2.43. The topological polar surface area (TPSA) is 41.5 Å². The van der Waals surface area contributed by atoms with E-state index in [1.165, 1.54) is 24.4 Å². The third kappa shape index (κ3) is 3.56. The van der Waals surface area contributed by atoms with Gasteiger partial charge in [0.05, 0.1) is 21.8 Å². The zero-order valence-corrected chi connectivity index (χ0v) is 11.6. The van der Waals surface area contributed by atoms with Gasteiger partial charge in [-0.25, -0.2) is 9.82 Å². The van der Waals surface area contributed by atoms with Gasteiger partial charge in [0, 0.05) is 0 Å². The number of benzene rings is 2. The van der Waals surface area contributed by atoms with Gasteiger partial charge in [-0.05, 0) is 29.8 Å². The molecule has 0 saturated heterocycles. The van der Waals surface area contributed by atoms with Gasteiger partial charge in [-0.3, -0.25) is 4.79 Å².